The van der Waals surface area contributed by atoms with Crippen LogP contribution >= 0.6 is 31.9 Å². The van der Waals surface area contributed by atoms with Gasteiger partial charge in [-0.3, -0.25) is 4.98 Å². The zero-order chi connectivity index (χ0) is 10.7. The van der Waals surface area contributed by atoms with Crippen molar-refractivity contribution in [3.63, 3.8) is 0 Å². The SMILES string of the molecule is C/C(=C\c1ncc(Br)cc1Br)C(C)O. The maximum atomic E-state index is 9.31. The average molecular weight is 321 g/mol. The van der Waals surface area contributed by atoms with Gasteiger partial charge in [0.05, 0.1) is 11.8 Å². The number of rotatable bonds is 2. The summed E-state index contributed by atoms with van der Waals surface area (Å²) in [5, 5.41) is 9.31. The van der Waals surface area contributed by atoms with E-state index in [0.29, 0.717) is 0 Å². The molecule has 0 saturated heterocycles. The van der Waals surface area contributed by atoms with Gasteiger partial charge in [0.25, 0.3) is 0 Å². The standard InChI is InChI=1S/C10H11Br2NO/c1-6(7(2)14)3-10-9(12)4-8(11)5-13-10/h3-5,7,14H,1-2H3/b6-3+. The lowest BCUT2D eigenvalue weighted by Crippen LogP contribution is -2.00. The van der Waals surface area contributed by atoms with Crippen LogP contribution in [0, 0.1) is 0 Å². The van der Waals surface area contributed by atoms with E-state index < -0.39 is 6.10 Å². The number of hydrogen-bond acceptors (Lipinski definition) is 2. The van der Waals surface area contributed by atoms with E-state index in [9.17, 15) is 5.11 Å². The molecule has 1 aromatic rings. The minimum atomic E-state index is -0.438. The van der Waals surface area contributed by atoms with Crippen LogP contribution in [0.15, 0.2) is 26.8 Å². The summed E-state index contributed by atoms with van der Waals surface area (Å²) in [4.78, 5) is 4.22. The van der Waals surface area contributed by atoms with Crippen LogP contribution < -0.4 is 0 Å². The fourth-order valence-corrected chi connectivity index (χ4v) is 1.97. The Hall–Kier alpha value is -0.190. The van der Waals surface area contributed by atoms with Gasteiger partial charge in [-0.15, -0.1) is 0 Å². The summed E-state index contributed by atoms with van der Waals surface area (Å²) in [6.07, 6.45) is 3.15. The highest BCUT2D eigenvalue weighted by molar-refractivity contribution is 9.11. The molecule has 76 valence electrons. The number of aliphatic hydroxyl groups is 1. The Morgan fingerprint density at radius 1 is 1.57 bits per heavy atom. The van der Waals surface area contributed by atoms with Crippen LogP contribution in [0.1, 0.15) is 19.5 Å². The summed E-state index contributed by atoms with van der Waals surface area (Å²) in [6, 6.07) is 1.92. The molecule has 0 saturated carbocycles. The minimum Gasteiger partial charge on any atom is -0.389 e. The van der Waals surface area contributed by atoms with Crippen molar-refractivity contribution in [1.82, 2.24) is 4.98 Å². The Bertz CT molecular complexity index is 361. The molecule has 1 rings (SSSR count). The van der Waals surface area contributed by atoms with Crippen LogP contribution in [0.5, 0.6) is 0 Å². The molecule has 0 radical (unpaired) electrons. The van der Waals surface area contributed by atoms with Crippen molar-refractivity contribution in [3.05, 3.63) is 32.5 Å². The smallest absolute Gasteiger partial charge is 0.0772 e. The molecule has 0 aromatic carbocycles. The first-order chi connectivity index (χ1) is 6.50. The summed E-state index contributed by atoms with van der Waals surface area (Å²) in [5.41, 5.74) is 1.71. The molecule has 0 amide bonds. The molecule has 0 aliphatic heterocycles. The molecule has 1 heterocycles. The van der Waals surface area contributed by atoms with Gasteiger partial charge in [-0.1, -0.05) is 0 Å². The predicted octanol–water partition coefficient (Wildman–Crippen LogP) is 3.39. The molecule has 4 heteroatoms. The summed E-state index contributed by atoms with van der Waals surface area (Å²) in [7, 11) is 0. The molecular weight excluding hydrogens is 310 g/mol. The Kier molecular flexibility index (Phi) is 4.29. The fourth-order valence-electron chi connectivity index (χ4n) is 0.868. The maximum Gasteiger partial charge on any atom is 0.0772 e. The largest absolute Gasteiger partial charge is 0.389 e. The van der Waals surface area contributed by atoms with E-state index in [-0.39, 0.29) is 0 Å². The molecule has 0 aliphatic rings. The normalized spacial score (nSPS) is 14.2. The van der Waals surface area contributed by atoms with Gasteiger partial charge in [0.2, 0.25) is 0 Å². The van der Waals surface area contributed by atoms with Crippen LogP contribution in [0.4, 0.5) is 0 Å². The minimum absolute atomic E-state index is 0.438. The number of hydrogen-bond donors (Lipinski definition) is 1. The molecule has 0 spiro atoms. The molecule has 0 bridgehead atoms. The van der Waals surface area contributed by atoms with E-state index in [2.05, 4.69) is 36.8 Å². The second kappa shape index (κ2) is 5.05. The lowest BCUT2D eigenvalue weighted by Gasteiger charge is -2.05. The Balaban J connectivity index is 3.03. The Labute approximate surface area is 100 Å². The summed E-state index contributed by atoms with van der Waals surface area (Å²) >= 11 is 6.73. The van der Waals surface area contributed by atoms with E-state index in [1.165, 1.54) is 0 Å². The summed E-state index contributed by atoms with van der Waals surface area (Å²) in [5.74, 6) is 0. The Morgan fingerprint density at radius 3 is 2.71 bits per heavy atom. The highest BCUT2D eigenvalue weighted by Crippen LogP contribution is 2.21. The van der Waals surface area contributed by atoms with E-state index in [1.54, 1.807) is 13.1 Å². The van der Waals surface area contributed by atoms with Crippen molar-refractivity contribution in [2.45, 2.75) is 20.0 Å². The van der Waals surface area contributed by atoms with Gasteiger partial charge in [0, 0.05) is 15.1 Å². The highest BCUT2D eigenvalue weighted by atomic mass is 79.9. The van der Waals surface area contributed by atoms with Crippen molar-refractivity contribution in [3.8, 4) is 0 Å². The van der Waals surface area contributed by atoms with Gasteiger partial charge in [-0.05, 0) is 63.4 Å². The second-order valence-corrected chi connectivity index (χ2v) is 4.85. The number of halogens is 2. The molecule has 1 atom stereocenters. The van der Waals surface area contributed by atoms with Gasteiger partial charge in [-0.2, -0.15) is 0 Å². The molecule has 0 fully saturated rings. The predicted molar refractivity (Wildman–Crippen MR) is 65.0 cm³/mol. The number of aromatic nitrogens is 1. The van der Waals surface area contributed by atoms with E-state index in [4.69, 9.17) is 0 Å². The molecule has 1 unspecified atom stereocenters. The molecule has 0 aliphatic carbocycles. The number of pyridine rings is 1. The second-order valence-electron chi connectivity index (χ2n) is 3.08. The van der Waals surface area contributed by atoms with Gasteiger partial charge < -0.3 is 5.11 Å². The zero-order valence-corrected chi connectivity index (χ0v) is 11.1. The van der Waals surface area contributed by atoms with Gasteiger partial charge >= 0.3 is 0 Å². The average Bonchev–Trinajstić information content (AvgIpc) is 2.09. The van der Waals surface area contributed by atoms with Gasteiger partial charge in [0.15, 0.2) is 0 Å². The van der Waals surface area contributed by atoms with Crippen molar-refractivity contribution in [2.24, 2.45) is 0 Å². The third kappa shape index (κ3) is 3.19. The van der Waals surface area contributed by atoms with Crippen LogP contribution in [-0.2, 0) is 0 Å². The quantitative estimate of drug-likeness (QED) is 0.906. The van der Waals surface area contributed by atoms with E-state index in [1.807, 2.05) is 19.1 Å². The fraction of sp³-hybridized carbons (Fsp3) is 0.300. The van der Waals surface area contributed by atoms with Crippen molar-refractivity contribution >= 4 is 37.9 Å². The molecule has 1 N–H and O–H groups in total. The third-order valence-corrected chi connectivity index (χ3v) is 2.93. The van der Waals surface area contributed by atoms with Crippen molar-refractivity contribution < 1.29 is 5.11 Å². The zero-order valence-electron chi connectivity index (χ0n) is 7.96. The topological polar surface area (TPSA) is 33.1 Å². The van der Waals surface area contributed by atoms with Crippen molar-refractivity contribution in [1.29, 1.82) is 0 Å². The van der Waals surface area contributed by atoms with Crippen molar-refractivity contribution in [2.75, 3.05) is 0 Å². The highest BCUT2D eigenvalue weighted by Gasteiger charge is 2.02. The first-order valence-corrected chi connectivity index (χ1v) is 5.76. The maximum absolute atomic E-state index is 9.31. The van der Waals surface area contributed by atoms with E-state index in [0.717, 1.165) is 20.2 Å². The van der Waals surface area contributed by atoms with Crippen LogP contribution in [0.2, 0.25) is 0 Å². The lowest BCUT2D eigenvalue weighted by atomic mass is 10.1. The number of nitrogens with zero attached hydrogens (tertiary/aromatic N) is 1. The van der Waals surface area contributed by atoms with Gasteiger partial charge in [0.1, 0.15) is 0 Å². The summed E-state index contributed by atoms with van der Waals surface area (Å²) < 4.78 is 1.84. The van der Waals surface area contributed by atoms with Gasteiger partial charge in [-0.25, -0.2) is 0 Å². The monoisotopic (exact) mass is 319 g/mol. The molecule has 14 heavy (non-hydrogen) atoms. The van der Waals surface area contributed by atoms with Crippen LogP contribution in [0.3, 0.4) is 0 Å². The number of aliphatic hydroxyl groups excluding tert-OH is 1. The van der Waals surface area contributed by atoms with Crippen LogP contribution in [-0.4, -0.2) is 16.2 Å². The first kappa shape index (κ1) is 11.9. The molecule has 2 nitrogen and oxygen atoms in total. The molecule has 1 aromatic heterocycles. The third-order valence-electron chi connectivity index (χ3n) is 1.86. The summed E-state index contributed by atoms with van der Waals surface area (Å²) in [6.45, 7) is 3.61. The molecular formula is C10H11Br2NO. The first-order valence-electron chi connectivity index (χ1n) is 4.18. The Morgan fingerprint density at radius 2 is 2.21 bits per heavy atom. The van der Waals surface area contributed by atoms with E-state index >= 15 is 0 Å². The van der Waals surface area contributed by atoms with Crippen LogP contribution in [0.25, 0.3) is 6.08 Å². The lowest BCUT2D eigenvalue weighted by molar-refractivity contribution is 0.232.